The van der Waals surface area contributed by atoms with Gasteiger partial charge in [0.15, 0.2) is 5.82 Å². The molecule has 0 aliphatic carbocycles. The van der Waals surface area contributed by atoms with Gasteiger partial charge in [-0.05, 0) is 34.2 Å². The van der Waals surface area contributed by atoms with E-state index >= 15 is 0 Å². The number of hydrogen-bond donors (Lipinski definition) is 2. The van der Waals surface area contributed by atoms with Gasteiger partial charge in [0.1, 0.15) is 4.90 Å². The molecule has 1 aromatic rings. The van der Waals surface area contributed by atoms with E-state index in [-0.39, 0.29) is 21.2 Å². The highest BCUT2D eigenvalue weighted by Crippen LogP contribution is 2.35. The fourth-order valence-electron chi connectivity index (χ4n) is 1.71. The molecule has 1 unspecified atom stereocenters. The smallest absolute Gasteiger partial charge is 0.243 e. The van der Waals surface area contributed by atoms with Gasteiger partial charge in [-0.1, -0.05) is 11.6 Å². The highest BCUT2D eigenvalue weighted by molar-refractivity contribution is 9.10. The number of thioether (sulfide) groups is 1. The third-order valence-corrected chi connectivity index (χ3v) is 6.76. The molecule has 1 aromatic carbocycles. The number of nitrogens with one attached hydrogen (secondary N) is 1. The van der Waals surface area contributed by atoms with E-state index in [2.05, 4.69) is 20.7 Å². The van der Waals surface area contributed by atoms with Crippen LogP contribution in [0.2, 0.25) is 5.02 Å². The summed E-state index contributed by atoms with van der Waals surface area (Å²) in [7, 11) is -3.96. The molecule has 9 heteroatoms. The fourth-order valence-corrected chi connectivity index (χ4v) is 4.91. The zero-order chi connectivity index (χ0) is 14.2. The maximum absolute atomic E-state index is 14.0. The molecule has 3 N–H and O–H groups in total. The third kappa shape index (κ3) is 3.18. The van der Waals surface area contributed by atoms with E-state index in [0.29, 0.717) is 5.75 Å². The number of benzene rings is 1. The minimum absolute atomic E-state index is 0.0556. The van der Waals surface area contributed by atoms with Crippen LogP contribution >= 0.6 is 39.3 Å². The van der Waals surface area contributed by atoms with E-state index in [4.69, 9.17) is 17.3 Å². The first-order valence-electron chi connectivity index (χ1n) is 5.36. The van der Waals surface area contributed by atoms with Crippen molar-refractivity contribution in [1.82, 2.24) is 4.72 Å². The number of hydrogen-bond acceptors (Lipinski definition) is 4. The van der Waals surface area contributed by atoms with Crippen molar-refractivity contribution >= 4 is 55.0 Å². The van der Waals surface area contributed by atoms with Gasteiger partial charge in [0, 0.05) is 11.8 Å². The molecule has 1 atom stereocenters. The SMILES string of the molecule is Nc1c(F)c(S(=O)(=O)NC2CCSC2)cc(Cl)c1Br. The summed E-state index contributed by atoms with van der Waals surface area (Å²) in [6, 6.07) is 0.875. The summed E-state index contributed by atoms with van der Waals surface area (Å²) < 4.78 is 40.9. The average molecular weight is 390 g/mol. The Morgan fingerprint density at radius 2 is 2.26 bits per heavy atom. The van der Waals surface area contributed by atoms with Gasteiger partial charge in [0.05, 0.1) is 15.2 Å². The highest BCUT2D eigenvalue weighted by Gasteiger charge is 2.28. The largest absolute Gasteiger partial charge is 0.395 e. The van der Waals surface area contributed by atoms with Crippen LogP contribution in [0.15, 0.2) is 15.4 Å². The molecule has 0 amide bonds. The maximum Gasteiger partial charge on any atom is 0.243 e. The molecule has 0 radical (unpaired) electrons. The third-order valence-electron chi connectivity index (χ3n) is 2.70. The summed E-state index contributed by atoms with van der Waals surface area (Å²) in [5.41, 5.74) is 5.17. The minimum atomic E-state index is -3.96. The summed E-state index contributed by atoms with van der Waals surface area (Å²) >= 11 is 10.5. The molecule has 0 spiro atoms. The summed E-state index contributed by atoms with van der Waals surface area (Å²) in [5, 5.41) is 0.0556. The lowest BCUT2D eigenvalue weighted by Gasteiger charge is -2.14. The Balaban J connectivity index is 2.40. The first-order valence-corrected chi connectivity index (χ1v) is 9.17. The Morgan fingerprint density at radius 3 is 2.84 bits per heavy atom. The van der Waals surface area contributed by atoms with Gasteiger partial charge >= 0.3 is 0 Å². The Hall–Kier alpha value is -0.0200. The minimum Gasteiger partial charge on any atom is -0.395 e. The van der Waals surface area contributed by atoms with Crippen LogP contribution in [0, 0.1) is 5.82 Å². The average Bonchev–Trinajstić information content (AvgIpc) is 2.83. The van der Waals surface area contributed by atoms with Crippen molar-refractivity contribution in [2.45, 2.75) is 17.4 Å². The lowest BCUT2D eigenvalue weighted by molar-refractivity contribution is 0.545. The molecule has 1 saturated heterocycles. The van der Waals surface area contributed by atoms with Crippen LogP contribution in [-0.4, -0.2) is 26.0 Å². The van der Waals surface area contributed by atoms with Gasteiger partial charge in [-0.15, -0.1) is 0 Å². The van der Waals surface area contributed by atoms with E-state index in [0.717, 1.165) is 18.2 Å². The number of anilines is 1. The molecule has 0 saturated carbocycles. The highest BCUT2D eigenvalue weighted by atomic mass is 79.9. The van der Waals surface area contributed by atoms with Crippen molar-refractivity contribution in [1.29, 1.82) is 0 Å². The van der Waals surface area contributed by atoms with Gasteiger partial charge in [0.25, 0.3) is 0 Å². The first-order chi connectivity index (χ1) is 8.83. The van der Waals surface area contributed by atoms with Crippen LogP contribution in [0.4, 0.5) is 10.1 Å². The molecular formula is C10H11BrClFN2O2S2. The molecule has 1 aliphatic rings. The Morgan fingerprint density at radius 1 is 1.58 bits per heavy atom. The Bertz CT molecular complexity index is 606. The summed E-state index contributed by atoms with van der Waals surface area (Å²) in [6.45, 7) is 0. The van der Waals surface area contributed by atoms with Gasteiger partial charge in [-0.25, -0.2) is 17.5 Å². The number of sulfonamides is 1. The van der Waals surface area contributed by atoms with Crippen molar-refractivity contribution in [3.8, 4) is 0 Å². The van der Waals surface area contributed by atoms with Crippen LogP contribution in [0.1, 0.15) is 6.42 Å². The molecule has 106 valence electrons. The second-order valence-electron chi connectivity index (χ2n) is 4.08. The molecule has 2 rings (SSSR count). The normalized spacial score (nSPS) is 19.8. The fraction of sp³-hybridized carbons (Fsp3) is 0.400. The maximum atomic E-state index is 14.0. The molecule has 1 aliphatic heterocycles. The van der Waals surface area contributed by atoms with Crippen LogP contribution in [-0.2, 0) is 10.0 Å². The lowest BCUT2D eigenvalue weighted by atomic mass is 10.3. The molecule has 19 heavy (non-hydrogen) atoms. The van der Waals surface area contributed by atoms with E-state index in [1.165, 1.54) is 0 Å². The molecule has 4 nitrogen and oxygen atoms in total. The van der Waals surface area contributed by atoms with Crippen molar-refractivity contribution in [3.63, 3.8) is 0 Å². The molecule has 1 heterocycles. The number of nitrogens with two attached hydrogens (primary N) is 1. The molecule has 1 fully saturated rings. The number of halogens is 3. The predicted molar refractivity (Wildman–Crippen MR) is 79.6 cm³/mol. The van der Waals surface area contributed by atoms with Crippen LogP contribution in [0.5, 0.6) is 0 Å². The van der Waals surface area contributed by atoms with Crippen molar-refractivity contribution < 1.29 is 12.8 Å². The van der Waals surface area contributed by atoms with Crippen molar-refractivity contribution in [3.05, 3.63) is 21.4 Å². The van der Waals surface area contributed by atoms with E-state index in [1.54, 1.807) is 11.8 Å². The van der Waals surface area contributed by atoms with E-state index < -0.39 is 20.7 Å². The number of nitrogen functional groups attached to an aromatic ring is 1. The van der Waals surface area contributed by atoms with Crippen LogP contribution in [0.3, 0.4) is 0 Å². The van der Waals surface area contributed by atoms with Gasteiger partial charge < -0.3 is 5.73 Å². The number of rotatable bonds is 3. The Kier molecular flexibility index (Phi) is 4.67. The van der Waals surface area contributed by atoms with Gasteiger partial charge in [-0.3, -0.25) is 0 Å². The standard InChI is InChI=1S/C10H11BrClFN2O2S2/c11-8-6(12)3-7(9(13)10(8)14)19(16,17)15-5-1-2-18-4-5/h3,5,15H,1-2,4,14H2. The molecule has 0 bridgehead atoms. The zero-order valence-corrected chi connectivity index (χ0v) is 13.6. The second kappa shape index (κ2) is 5.77. The predicted octanol–water partition coefficient (Wildman–Crippen LogP) is 2.61. The monoisotopic (exact) mass is 388 g/mol. The lowest BCUT2D eigenvalue weighted by Crippen LogP contribution is -2.35. The summed E-state index contributed by atoms with van der Waals surface area (Å²) in [6.07, 6.45) is 0.727. The first kappa shape index (κ1) is 15.4. The zero-order valence-electron chi connectivity index (χ0n) is 9.62. The second-order valence-corrected chi connectivity index (χ2v) is 8.11. The van der Waals surface area contributed by atoms with E-state index in [9.17, 15) is 12.8 Å². The van der Waals surface area contributed by atoms with Crippen LogP contribution in [0.25, 0.3) is 0 Å². The summed E-state index contributed by atoms with van der Waals surface area (Å²) in [4.78, 5) is -0.518. The molecule has 0 aromatic heterocycles. The Labute approximate surface area is 128 Å². The quantitative estimate of drug-likeness (QED) is 0.616. The van der Waals surface area contributed by atoms with Crippen LogP contribution < -0.4 is 10.5 Å². The summed E-state index contributed by atoms with van der Waals surface area (Å²) in [5.74, 6) is 0.578. The molecular weight excluding hydrogens is 379 g/mol. The topological polar surface area (TPSA) is 72.2 Å². The van der Waals surface area contributed by atoms with Crippen molar-refractivity contribution in [2.75, 3.05) is 17.2 Å². The van der Waals surface area contributed by atoms with E-state index in [1.807, 2.05) is 0 Å². The van der Waals surface area contributed by atoms with Crippen molar-refractivity contribution in [2.24, 2.45) is 0 Å². The van der Waals surface area contributed by atoms with Gasteiger partial charge in [-0.2, -0.15) is 11.8 Å². The van der Waals surface area contributed by atoms with Gasteiger partial charge in [0.2, 0.25) is 10.0 Å².